The molecule has 0 radical (unpaired) electrons. The highest BCUT2D eigenvalue weighted by Crippen LogP contribution is 2.41. The number of hydrogen-bond acceptors (Lipinski definition) is 6. The van der Waals surface area contributed by atoms with Gasteiger partial charge in [0.05, 0.1) is 0 Å². The molecule has 0 saturated carbocycles. The SMILES string of the molecule is c1cnc(N2CCC3(CCN(Cc4ccc5c(c4)OCO5)C3)CC2)nc1. The van der Waals surface area contributed by atoms with Gasteiger partial charge in [0.25, 0.3) is 0 Å². The summed E-state index contributed by atoms with van der Waals surface area (Å²) in [7, 11) is 0. The van der Waals surface area contributed by atoms with Crippen LogP contribution >= 0.6 is 0 Å². The van der Waals surface area contributed by atoms with Gasteiger partial charge in [-0.05, 0) is 55.0 Å². The molecule has 5 rings (SSSR count). The fourth-order valence-electron chi connectivity index (χ4n) is 4.50. The summed E-state index contributed by atoms with van der Waals surface area (Å²) in [5.41, 5.74) is 1.77. The molecule has 26 heavy (non-hydrogen) atoms. The van der Waals surface area contributed by atoms with Crippen molar-refractivity contribution in [1.82, 2.24) is 14.9 Å². The monoisotopic (exact) mass is 352 g/mol. The van der Waals surface area contributed by atoms with Gasteiger partial charge in [-0.15, -0.1) is 0 Å². The first kappa shape index (κ1) is 15.9. The Bertz CT molecular complexity index is 775. The summed E-state index contributed by atoms with van der Waals surface area (Å²) in [5, 5.41) is 0. The van der Waals surface area contributed by atoms with E-state index in [1.807, 2.05) is 24.5 Å². The summed E-state index contributed by atoms with van der Waals surface area (Å²) >= 11 is 0. The number of ether oxygens (including phenoxy) is 2. The largest absolute Gasteiger partial charge is 0.454 e. The quantitative estimate of drug-likeness (QED) is 0.847. The maximum atomic E-state index is 5.51. The average Bonchev–Trinajstić information content (AvgIpc) is 3.30. The van der Waals surface area contributed by atoms with E-state index in [-0.39, 0.29) is 0 Å². The third-order valence-electron chi connectivity index (χ3n) is 6.02. The Balaban J connectivity index is 1.20. The molecule has 0 unspecified atom stereocenters. The van der Waals surface area contributed by atoms with Gasteiger partial charge in [0.2, 0.25) is 12.7 Å². The zero-order valence-electron chi connectivity index (χ0n) is 14.9. The van der Waals surface area contributed by atoms with Gasteiger partial charge in [-0.1, -0.05) is 6.07 Å². The van der Waals surface area contributed by atoms with Gasteiger partial charge in [-0.3, -0.25) is 4.90 Å². The standard InChI is InChI=1S/C20H24N4O2/c1-7-21-19(22-8-1)24-10-5-20(6-11-24)4-9-23(14-20)13-16-2-3-17-18(12-16)26-15-25-17/h1-3,7-8,12H,4-6,9-11,13-15H2. The van der Waals surface area contributed by atoms with Gasteiger partial charge < -0.3 is 14.4 Å². The summed E-state index contributed by atoms with van der Waals surface area (Å²) in [5.74, 6) is 2.62. The van der Waals surface area contributed by atoms with Crippen molar-refractivity contribution >= 4 is 5.95 Å². The number of anilines is 1. The number of likely N-dealkylation sites (tertiary alicyclic amines) is 1. The van der Waals surface area contributed by atoms with Crippen LogP contribution in [0.4, 0.5) is 5.95 Å². The third-order valence-corrected chi connectivity index (χ3v) is 6.02. The Morgan fingerprint density at radius 1 is 0.962 bits per heavy atom. The van der Waals surface area contributed by atoms with Crippen LogP contribution in [-0.4, -0.2) is 47.8 Å². The fraction of sp³-hybridized carbons (Fsp3) is 0.500. The van der Waals surface area contributed by atoms with E-state index in [9.17, 15) is 0 Å². The first-order valence-corrected chi connectivity index (χ1v) is 9.43. The van der Waals surface area contributed by atoms with Gasteiger partial charge in [-0.25, -0.2) is 9.97 Å². The Hall–Kier alpha value is -2.34. The van der Waals surface area contributed by atoms with Gasteiger partial charge >= 0.3 is 0 Å². The van der Waals surface area contributed by atoms with Crippen molar-refractivity contribution in [2.24, 2.45) is 5.41 Å². The Morgan fingerprint density at radius 2 is 1.73 bits per heavy atom. The highest BCUT2D eigenvalue weighted by atomic mass is 16.7. The molecule has 6 nitrogen and oxygen atoms in total. The number of rotatable bonds is 3. The highest BCUT2D eigenvalue weighted by molar-refractivity contribution is 5.44. The number of piperidine rings is 1. The molecular formula is C20H24N4O2. The molecule has 3 aliphatic rings. The molecule has 0 N–H and O–H groups in total. The second-order valence-corrected chi connectivity index (χ2v) is 7.68. The van der Waals surface area contributed by atoms with E-state index in [0.29, 0.717) is 12.2 Å². The van der Waals surface area contributed by atoms with Crippen molar-refractivity contribution in [2.75, 3.05) is 37.9 Å². The van der Waals surface area contributed by atoms with Crippen LogP contribution in [0.1, 0.15) is 24.8 Å². The van der Waals surface area contributed by atoms with Crippen molar-refractivity contribution in [3.63, 3.8) is 0 Å². The number of fused-ring (bicyclic) bond motifs is 1. The minimum atomic E-state index is 0.341. The van der Waals surface area contributed by atoms with Crippen LogP contribution in [0.25, 0.3) is 0 Å². The third kappa shape index (κ3) is 2.98. The van der Waals surface area contributed by atoms with Crippen molar-refractivity contribution in [3.8, 4) is 11.5 Å². The molecule has 0 atom stereocenters. The summed E-state index contributed by atoms with van der Waals surface area (Å²) in [6, 6.07) is 8.19. The molecule has 0 aliphatic carbocycles. The molecule has 1 aromatic carbocycles. The van der Waals surface area contributed by atoms with Crippen molar-refractivity contribution in [2.45, 2.75) is 25.8 Å². The Kier molecular flexibility index (Phi) is 3.93. The van der Waals surface area contributed by atoms with E-state index in [4.69, 9.17) is 9.47 Å². The fourth-order valence-corrected chi connectivity index (χ4v) is 4.50. The van der Waals surface area contributed by atoms with Gasteiger partial charge in [0, 0.05) is 38.6 Å². The first-order chi connectivity index (χ1) is 12.8. The van der Waals surface area contributed by atoms with E-state index in [1.54, 1.807) is 0 Å². The molecule has 0 amide bonds. The maximum Gasteiger partial charge on any atom is 0.231 e. The summed E-state index contributed by atoms with van der Waals surface area (Å²) in [6.07, 6.45) is 7.40. The molecular weight excluding hydrogens is 328 g/mol. The molecule has 6 heteroatoms. The Morgan fingerprint density at radius 3 is 2.58 bits per heavy atom. The van der Waals surface area contributed by atoms with Crippen LogP contribution in [0.5, 0.6) is 11.5 Å². The molecule has 3 aliphatic heterocycles. The predicted molar refractivity (Wildman–Crippen MR) is 98.4 cm³/mol. The van der Waals surface area contributed by atoms with E-state index < -0.39 is 0 Å². The molecule has 2 fully saturated rings. The predicted octanol–water partition coefficient (Wildman–Crippen LogP) is 2.70. The number of nitrogens with zero attached hydrogens (tertiary/aromatic N) is 4. The molecule has 1 aromatic heterocycles. The van der Waals surface area contributed by atoms with Gasteiger partial charge in [-0.2, -0.15) is 0 Å². The van der Waals surface area contributed by atoms with E-state index in [1.165, 1.54) is 37.9 Å². The minimum absolute atomic E-state index is 0.341. The minimum Gasteiger partial charge on any atom is -0.454 e. The average molecular weight is 352 g/mol. The zero-order chi connectivity index (χ0) is 17.4. The van der Waals surface area contributed by atoms with Crippen molar-refractivity contribution < 1.29 is 9.47 Å². The number of benzene rings is 1. The van der Waals surface area contributed by atoms with E-state index in [2.05, 4.69) is 31.9 Å². The second kappa shape index (κ2) is 6.43. The zero-order valence-corrected chi connectivity index (χ0v) is 14.9. The first-order valence-electron chi connectivity index (χ1n) is 9.43. The topological polar surface area (TPSA) is 50.7 Å². The lowest BCUT2D eigenvalue weighted by molar-refractivity contribution is 0.174. The van der Waals surface area contributed by atoms with Crippen LogP contribution in [0.15, 0.2) is 36.7 Å². The molecule has 2 aromatic rings. The second-order valence-electron chi connectivity index (χ2n) is 7.68. The van der Waals surface area contributed by atoms with Crippen LogP contribution in [0.2, 0.25) is 0 Å². The lowest BCUT2D eigenvalue weighted by Gasteiger charge is -2.39. The van der Waals surface area contributed by atoms with E-state index >= 15 is 0 Å². The molecule has 0 bridgehead atoms. The smallest absolute Gasteiger partial charge is 0.231 e. The van der Waals surface area contributed by atoms with Crippen molar-refractivity contribution in [3.05, 3.63) is 42.2 Å². The van der Waals surface area contributed by atoms with Crippen molar-refractivity contribution in [1.29, 1.82) is 0 Å². The van der Waals surface area contributed by atoms with Crippen LogP contribution < -0.4 is 14.4 Å². The van der Waals surface area contributed by atoms with Gasteiger partial charge in [0.15, 0.2) is 11.5 Å². The number of hydrogen-bond donors (Lipinski definition) is 0. The normalized spacial score (nSPS) is 21.5. The Labute approximate surface area is 153 Å². The summed E-state index contributed by atoms with van der Waals surface area (Å²) < 4.78 is 10.9. The summed E-state index contributed by atoms with van der Waals surface area (Å²) in [6.45, 7) is 5.81. The lowest BCUT2D eigenvalue weighted by atomic mass is 9.78. The van der Waals surface area contributed by atoms with Gasteiger partial charge in [0.1, 0.15) is 0 Å². The highest BCUT2D eigenvalue weighted by Gasteiger charge is 2.40. The molecule has 2 saturated heterocycles. The van der Waals surface area contributed by atoms with Crippen LogP contribution in [-0.2, 0) is 6.54 Å². The number of aromatic nitrogens is 2. The maximum absolute atomic E-state index is 5.51. The molecule has 1 spiro atoms. The molecule has 136 valence electrons. The van der Waals surface area contributed by atoms with E-state index in [0.717, 1.165) is 37.1 Å². The van der Waals surface area contributed by atoms with Crippen LogP contribution in [0, 0.1) is 5.41 Å². The van der Waals surface area contributed by atoms with Crippen LogP contribution in [0.3, 0.4) is 0 Å². The lowest BCUT2D eigenvalue weighted by Crippen LogP contribution is -2.42. The summed E-state index contributed by atoms with van der Waals surface area (Å²) in [4.78, 5) is 13.7. The molecule has 4 heterocycles.